The Balaban J connectivity index is 1.53. The molecule has 1 spiro atoms. The standard InChI is InChI=1S/C17H25F2NO3/c18-17(19)7-1-3-12(4-8-17)9-20-13(21)16(14(22)23)10-15(11-16)5-2-6-15/h12H,1-11H2,(H,20,21)(H,22,23). The first-order valence-electron chi connectivity index (χ1n) is 8.67. The van der Waals surface area contributed by atoms with Crippen molar-refractivity contribution in [1.29, 1.82) is 0 Å². The maximum Gasteiger partial charge on any atom is 0.319 e. The number of alkyl halides is 2. The normalized spacial score (nSPS) is 30.6. The molecule has 1 atom stereocenters. The van der Waals surface area contributed by atoms with Crippen LogP contribution >= 0.6 is 0 Å². The first-order chi connectivity index (χ1) is 10.8. The molecule has 1 amide bonds. The second-order valence-corrected chi connectivity index (χ2v) is 7.96. The zero-order chi connectivity index (χ0) is 16.7. The zero-order valence-electron chi connectivity index (χ0n) is 13.4. The average molecular weight is 329 g/mol. The molecule has 23 heavy (non-hydrogen) atoms. The number of rotatable bonds is 4. The summed E-state index contributed by atoms with van der Waals surface area (Å²) < 4.78 is 26.7. The van der Waals surface area contributed by atoms with Crippen molar-refractivity contribution < 1.29 is 23.5 Å². The van der Waals surface area contributed by atoms with Gasteiger partial charge in [0.1, 0.15) is 5.41 Å². The number of halogens is 2. The molecule has 0 aromatic heterocycles. The third-order valence-corrected chi connectivity index (χ3v) is 6.24. The SMILES string of the molecule is O=C(O)C1(C(=O)NCC2CCCC(F)(F)CC2)CC2(CCC2)C1. The first-order valence-corrected chi connectivity index (χ1v) is 8.67. The van der Waals surface area contributed by atoms with E-state index in [4.69, 9.17) is 0 Å². The van der Waals surface area contributed by atoms with Gasteiger partial charge < -0.3 is 10.4 Å². The Morgan fingerprint density at radius 2 is 1.74 bits per heavy atom. The molecular weight excluding hydrogens is 304 g/mol. The van der Waals surface area contributed by atoms with Crippen LogP contribution in [0.25, 0.3) is 0 Å². The van der Waals surface area contributed by atoms with E-state index in [1.807, 2.05) is 0 Å². The fourth-order valence-corrected chi connectivity index (χ4v) is 4.61. The predicted octanol–water partition coefficient (Wildman–Crippen LogP) is 3.35. The van der Waals surface area contributed by atoms with Gasteiger partial charge in [0.05, 0.1) is 0 Å². The van der Waals surface area contributed by atoms with Gasteiger partial charge in [-0.05, 0) is 56.3 Å². The molecule has 0 radical (unpaired) electrons. The molecule has 0 aromatic carbocycles. The molecule has 0 aromatic rings. The highest BCUT2D eigenvalue weighted by Crippen LogP contribution is 2.64. The fourth-order valence-electron chi connectivity index (χ4n) is 4.61. The van der Waals surface area contributed by atoms with Gasteiger partial charge in [-0.1, -0.05) is 6.42 Å². The minimum Gasteiger partial charge on any atom is -0.480 e. The molecule has 4 nitrogen and oxygen atoms in total. The number of carbonyl (C=O) groups excluding carboxylic acids is 1. The summed E-state index contributed by atoms with van der Waals surface area (Å²) >= 11 is 0. The van der Waals surface area contributed by atoms with Crippen LogP contribution in [0.2, 0.25) is 0 Å². The summed E-state index contributed by atoms with van der Waals surface area (Å²) in [6.07, 6.45) is 5.32. The lowest BCUT2D eigenvalue weighted by atomic mass is 9.45. The Kier molecular flexibility index (Phi) is 4.13. The molecule has 3 fully saturated rings. The number of amides is 1. The molecular formula is C17H25F2NO3. The van der Waals surface area contributed by atoms with Crippen LogP contribution in [0.15, 0.2) is 0 Å². The van der Waals surface area contributed by atoms with Crippen molar-refractivity contribution in [2.75, 3.05) is 6.54 Å². The molecule has 130 valence electrons. The van der Waals surface area contributed by atoms with Gasteiger partial charge in [-0.25, -0.2) is 8.78 Å². The molecule has 3 saturated carbocycles. The van der Waals surface area contributed by atoms with Gasteiger partial charge in [0.2, 0.25) is 11.8 Å². The Hall–Kier alpha value is -1.20. The quantitative estimate of drug-likeness (QED) is 0.614. The third-order valence-electron chi connectivity index (χ3n) is 6.24. The van der Waals surface area contributed by atoms with E-state index in [0.29, 0.717) is 38.6 Å². The minimum absolute atomic E-state index is 0.0240. The Bertz CT molecular complexity index is 494. The van der Waals surface area contributed by atoms with Crippen molar-refractivity contribution in [2.45, 2.75) is 70.1 Å². The summed E-state index contributed by atoms with van der Waals surface area (Å²) in [5.41, 5.74) is -1.20. The monoisotopic (exact) mass is 329 g/mol. The van der Waals surface area contributed by atoms with Crippen molar-refractivity contribution >= 4 is 11.9 Å². The Morgan fingerprint density at radius 1 is 1.04 bits per heavy atom. The highest BCUT2D eigenvalue weighted by molar-refractivity contribution is 6.03. The number of carboxylic acids is 1. The summed E-state index contributed by atoms with van der Waals surface area (Å²) in [6, 6.07) is 0. The van der Waals surface area contributed by atoms with Crippen LogP contribution in [0.3, 0.4) is 0 Å². The Morgan fingerprint density at radius 3 is 2.30 bits per heavy atom. The van der Waals surface area contributed by atoms with E-state index in [2.05, 4.69) is 5.32 Å². The maximum absolute atomic E-state index is 13.4. The van der Waals surface area contributed by atoms with Crippen molar-refractivity contribution in [3.8, 4) is 0 Å². The summed E-state index contributed by atoms with van der Waals surface area (Å²) in [5.74, 6) is -4.03. The number of carbonyl (C=O) groups is 2. The zero-order valence-corrected chi connectivity index (χ0v) is 13.4. The number of hydrogen-bond acceptors (Lipinski definition) is 2. The van der Waals surface area contributed by atoms with E-state index < -0.39 is 23.2 Å². The van der Waals surface area contributed by atoms with Crippen LogP contribution in [0.1, 0.15) is 64.2 Å². The molecule has 1 unspecified atom stereocenters. The largest absolute Gasteiger partial charge is 0.480 e. The van der Waals surface area contributed by atoms with Crippen LogP contribution < -0.4 is 5.32 Å². The number of aliphatic carboxylic acids is 1. The topological polar surface area (TPSA) is 66.4 Å². The minimum atomic E-state index is -2.59. The lowest BCUT2D eigenvalue weighted by Crippen LogP contribution is -2.61. The van der Waals surface area contributed by atoms with Crippen molar-refractivity contribution in [2.24, 2.45) is 16.7 Å². The van der Waals surface area contributed by atoms with E-state index in [-0.39, 0.29) is 24.2 Å². The molecule has 6 heteroatoms. The van der Waals surface area contributed by atoms with Gasteiger partial charge in [-0.3, -0.25) is 9.59 Å². The number of carboxylic acid groups (broad SMARTS) is 1. The summed E-state index contributed by atoms with van der Waals surface area (Å²) in [6.45, 7) is 0.316. The first kappa shape index (κ1) is 16.7. The molecule has 0 bridgehead atoms. The predicted molar refractivity (Wildman–Crippen MR) is 80.1 cm³/mol. The van der Waals surface area contributed by atoms with Gasteiger partial charge in [-0.2, -0.15) is 0 Å². The molecule has 0 heterocycles. The lowest BCUT2D eigenvalue weighted by Gasteiger charge is -2.58. The highest BCUT2D eigenvalue weighted by Gasteiger charge is 2.64. The van der Waals surface area contributed by atoms with Crippen LogP contribution in [0.5, 0.6) is 0 Å². The van der Waals surface area contributed by atoms with E-state index in [0.717, 1.165) is 19.3 Å². The highest BCUT2D eigenvalue weighted by atomic mass is 19.3. The van der Waals surface area contributed by atoms with Crippen LogP contribution in [0, 0.1) is 16.7 Å². The average Bonchev–Trinajstić information content (AvgIpc) is 2.54. The molecule has 2 N–H and O–H groups in total. The van der Waals surface area contributed by atoms with E-state index in [1.54, 1.807) is 0 Å². The van der Waals surface area contributed by atoms with E-state index >= 15 is 0 Å². The smallest absolute Gasteiger partial charge is 0.319 e. The van der Waals surface area contributed by atoms with Crippen molar-refractivity contribution in [3.63, 3.8) is 0 Å². The molecule has 3 rings (SSSR count). The van der Waals surface area contributed by atoms with Crippen molar-refractivity contribution in [1.82, 2.24) is 5.32 Å². The molecule has 0 aliphatic heterocycles. The van der Waals surface area contributed by atoms with Crippen molar-refractivity contribution in [3.05, 3.63) is 0 Å². The second-order valence-electron chi connectivity index (χ2n) is 7.96. The third kappa shape index (κ3) is 3.09. The van der Waals surface area contributed by atoms with Gasteiger partial charge >= 0.3 is 5.97 Å². The molecule has 3 aliphatic rings. The molecule has 0 saturated heterocycles. The van der Waals surface area contributed by atoms with Gasteiger partial charge in [0.15, 0.2) is 0 Å². The van der Waals surface area contributed by atoms with Crippen LogP contribution in [-0.4, -0.2) is 29.5 Å². The van der Waals surface area contributed by atoms with Gasteiger partial charge in [0.25, 0.3) is 0 Å². The fraction of sp³-hybridized carbons (Fsp3) is 0.882. The Labute approximate surface area is 135 Å². The summed E-state index contributed by atoms with van der Waals surface area (Å²) in [5, 5.41) is 12.2. The van der Waals surface area contributed by atoms with E-state index in [1.165, 1.54) is 0 Å². The summed E-state index contributed by atoms with van der Waals surface area (Å²) in [7, 11) is 0. The maximum atomic E-state index is 13.4. The molecule has 3 aliphatic carbocycles. The van der Waals surface area contributed by atoms with E-state index in [9.17, 15) is 23.5 Å². The van der Waals surface area contributed by atoms with Gasteiger partial charge in [-0.15, -0.1) is 0 Å². The number of hydrogen-bond donors (Lipinski definition) is 2. The van der Waals surface area contributed by atoms with Gasteiger partial charge in [0, 0.05) is 19.4 Å². The van der Waals surface area contributed by atoms with Crippen LogP contribution in [0.4, 0.5) is 8.78 Å². The van der Waals surface area contributed by atoms with Crippen LogP contribution in [-0.2, 0) is 9.59 Å². The summed E-state index contributed by atoms with van der Waals surface area (Å²) in [4.78, 5) is 24.0. The number of nitrogens with one attached hydrogen (secondary N) is 1. The lowest BCUT2D eigenvalue weighted by molar-refractivity contribution is -0.181. The second kappa shape index (κ2) is 5.71.